The number of hydrogen-bond donors (Lipinski definition) is 2. The summed E-state index contributed by atoms with van der Waals surface area (Å²) in [5.41, 5.74) is -0.372. The Labute approximate surface area is 170 Å². The van der Waals surface area contributed by atoms with Crippen molar-refractivity contribution in [2.75, 3.05) is 12.4 Å². The summed E-state index contributed by atoms with van der Waals surface area (Å²) in [5.74, 6) is -3.23. The van der Waals surface area contributed by atoms with Gasteiger partial charge < -0.3 is 15.2 Å². The molecule has 30 heavy (non-hydrogen) atoms. The van der Waals surface area contributed by atoms with Crippen LogP contribution in [0.2, 0.25) is 0 Å². The zero-order chi connectivity index (χ0) is 22.5. The predicted octanol–water partition coefficient (Wildman–Crippen LogP) is 4.69. The van der Waals surface area contributed by atoms with Gasteiger partial charge in [-0.25, -0.2) is 4.39 Å². The first-order valence-electron chi connectivity index (χ1n) is 9.10. The van der Waals surface area contributed by atoms with E-state index >= 15 is 0 Å². The molecule has 0 aliphatic rings. The largest absolute Gasteiger partial charge is 0.495 e. The maximum absolute atomic E-state index is 13.7. The number of methoxy groups -OCH3 is 1. The fourth-order valence-electron chi connectivity index (χ4n) is 2.95. The lowest BCUT2D eigenvalue weighted by Crippen LogP contribution is -2.17. The number of rotatable bonds is 8. The van der Waals surface area contributed by atoms with E-state index in [9.17, 15) is 32.3 Å². The Balaban J connectivity index is 2.16. The highest BCUT2D eigenvalue weighted by molar-refractivity contribution is 5.93. The van der Waals surface area contributed by atoms with Crippen molar-refractivity contribution in [3.05, 3.63) is 58.9 Å². The van der Waals surface area contributed by atoms with Crippen LogP contribution in [0.3, 0.4) is 0 Å². The van der Waals surface area contributed by atoms with Crippen LogP contribution < -0.4 is 10.1 Å². The third-order valence-corrected chi connectivity index (χ3v) is 4.57. The Morgan fingerprint density at radius 2 is 1.80 bits per heavy atom. The van der Waals surface area contributed by atoms with Gasteiger partial charge in [0.2, 0.25) is 5.91 Å². The Morgan fingerprint density at radius 1 is 1.13 bits per heavy atom. The highest BCUT2D eigenvalue weighted by Gasteiger charge is 2.34. The maximum Gasteiger partial charge on any atom is 0.419 e. The molecule has 0 aromatic heterocycles. The molecule has 1 atom stereocenters. The van der Waals surface area contributed by atoms with Crippen LogP contribution in [0.4, 0.5) is 23.2 Å². The van der Waals surface area contributed by atoms with Gasteiger partial charge in [0, 0.05) is 0 Å². The van der Waals surface area contributed by atoms with Crippen LogP contribution in [0.25, 0.3) is 0 Å². The number of hydrogen-bond acceptors (Lipinski definition) is 3. The molecule has 2 rings (SSSR count). The molecule has 1 unspecified atom stereocenters. The second-order valence-corrected chi connectivity index (χ2v) is 6.72. The third-order valence-electron chi connectivity index (χ3n) is 4.57. The summed E-state index contributed by atoms with van der Waals surface area (Å²) in [4.78, 5) is 23.6. The van der Waals surface area contributed by atoms with Gasteiger partial charge in [0.1, 0.15) is 11.6 Å². The smallest absolute Gasteiger partial charge is 0.419 e. The van der Waals surface area contributed by atoms with E-state index in [0.717, 1.165) is 6.07 Å². The molecular weight excluding hydrogens is 406 g/mol. The van der Waals surface area contributed by atoms with Crippen molar-refractivity contribution < 1.29 is 37.0 Å². The van der Waals surface area contributed by atoms with Crippen LogP contribution >= 0.6 is 0 Å². The van der Waals surface area contributed by atoms with Crippen molar-refractivity contribution in [2.24, 2.45) is 5.92 Å². The Hall–Kier alpha value is -3.10. The molecule has 2 aromatic carbocycles. The van der Waals surface area contributed by atoms with Gasteiger partial charge in [-0.1, -0.05) is 19.1 Å². The maximum atomic E-state index is 13.7. The highest BCUT2D eigenvalue weighted by Crippen LogP contribution is 2.32. The monoisotopic (exact) mass is 427 g/mol. The van der Waals surface area contributed by atoms with Crippen molar-refractivity contribution in [1.82, 2.24) is 0 Å². The molecule has 0 radical (unpaired) electrons. The van der Waals surface area contributed by atoms with Crippen LogP contribution in [0.15, 0.2) is 36.4 Å². The van der Waals surface area contributed by atoms with Crippen molar-refractivity contribution in [3.63, 3.8) is 0 Å². The summed E-state index contributed by atoms with van der Waals surface area (Å²) in [7, 11) is 1.39. The molecule has 1 amide bonds. The van der Waals surface area contributed by atoms with Gasteiger partial charge >= 0.3 is 12.1 Å². The lowest BCUT2D eigenvalue weighted by Gasteiger charge is -2.15. The predicted molar refractivity (Wildman–Crippen MR) is 102 cm³/mol. The molecule has 162 valence electrons. The number of aliphatic carboxylic acids is 1. The van der Waals surface area contributed by atoms with Gasteiger partial charge in [-0.2, -0.15) is 13.2 Å². The second kappa shape index (κ2) is 9.60. The number of carboxylic acids is 1. The molecule has 5 nitrogen and oxygen atoms in total. The molecule has 0 saturated carbocycles. The van der Waals surface area contributed by atoms with E-state index in [2.05, 4.69) is 5.32 Å². The number of carboxylic acid groups (broad SMARTS) is 1. The quantitative estimate of drug-likeness (QED) is 0.600. The summed E-state index contributed by atoms with van der Waals surface area (Å²) in [6, 6.07) is 7.15. The summed E-state index contributed by atoms with van der Waals surface area (Å²) in [6.07, 6.45) is -4.48. The topological polar surface area (TPSA) is 75.6 Å². The summed E-state index contributed by atoms with van der Waals surface area (Å²) in [5, 5.41) is 11.8. The molecule has 0 saturated heterocycles. The van der Waals surface area contributed by atoms with E-state index in [1.165, 1.54) is 7.11 Å². The number of benzene rings is 2. The molecule has 0 spiro atoms. The molecular formula is C21H21F4NO4. The lowest BCUT2D eigenvalue weighted by atomic mass is 9.96. The Morgan fingerprint density at radius 3 is 2.33 bits per heavy atom. The molecule has 0 bridgehead atoms. The van der Waals surface area contributed by atoms with E-state index in [-0.39, 0.29) is 24.1 Å². The number of carbonyl (C=O) groups excluding carboxylic acids is 1. The fourth-order valence-corrected chi connectivity index (χ4v) is 2.95. The first-order chi connectivity index (χ1) is 14.0. The minimum absolute atomic E-state index is 0.0741. The van der Waals surface area contributed by atoms with E-state index in [1.54, 1.807) is 25.1 Å². The SMILES string of the molecule is CCC(Cc1ccc(OC)c(NC(=O)Cc2ccc(C(F)(F)F)c(F)c2)c1)C(=O)O. The third kappa shape index (κ3) is 5.95. The van der Waals surface area contributed by atoms with E-state index in [0.29, 0.717) is 29.9 Å². The molecule has 9 heteroatoms. The number of halogens is 4. The van der Waals surface area contributed by atoms with Gasteiger partial charge in [0.05, 0.1) is 30.7 Å². The van der Waals surface area contributed by atoms with E-state index in [4.69, 9.17) is 4.74 Å². The molecule has 0 heterocycles. The summed E-state index contributed by atoms with van der Waals surface area (Å²) < 4.78 is 56.8. The van der Waals surface area contributed by atoms with Gasteiger partial charge in [0.15, 0.2) is 0 Å². The zero-order valence-electron chi connectivity index (χ0n) is 16.3. The standard InChI is InChI=1S/C21H21F4NO4/c1-3-14(20(28)29)8-12-5-7-18(30-2)17(10-12)26-19(27)11-13-4-6-15(16(22)9-13)21(23,24)25/h4-7,9-10,14H,3,8,11H2,1-2H3,(H,26,27)(H,28,29). The number of carbonyl (C=O) groups is 2. The minimum atomic E-state index is -4.81. The number of ether oxygens (including phenoxy) is 1. The Kier molecular flexibility index (Phi) is 7.42. The van der Waals surface area contributed by atoms with E-state index in [1.807, 2.05) is 0 Å². The van der Waals surface area contributed by atoms with Gasteiger partial charge in [-0.15, -0.1) is 0 Å². The number of alkyl halides is 3. The van der Waals surface area contributed by atoms with Gasteiger partial charge in [-0.05, 0) is 48.2 Å². The highest BCUT2D eigenvalue weighted by atomic mass is 19.4. The van der Waals surface area contributed by atoms with Gasteiger partial charge in [-0.3, -0.25) is 9.59 Å². The summed E-state index contributed by atoms with van der Waals surface area (Å²) in [6.45, 7) is 1.76. The number of anilines is 1. The van der Waals surface area contributed by atoms with Crippen molar-refractivity contribution in [1.29, 1.82) is 0 Å². The normalized spacial score (nSPS) is 12.3. The fraction of sp³-hybridized carbons (Fsp3) is 0.333. The van der Waals surface area contributed by atoms with Gasteiger partial charge in [0.25, 0.3) is 0 Å². The zero-order valence-corrected chi connectivity index (χ0v) is 16.3. The molecule has 2 N–H and O–H groups in total. The first-order valence-corrected chi connectivity index (χ1v) is 9.10. The van der Waals surface area contributed by atoms with Crippen LogP contribution in [-0.2, 0) is 28.6 Å². The molecule has 0 aliphatic carbocycles. The first kappa shape index (κ1) is 23.2. The van der Waals surface area contributed by atoms with E-state index < -0.39 is 35.4 Å². The molecule has 2 aromatic rings. The number of amides is 1. The number of nitrogens with one attached hydrogen (secondary N) is 1. The van der Waals surface area contributed by atoms with Crippen LogP contribution in [0.1, 0.15) is 30.0 Å². The Bertz CT molecular complexity index is 928. The average Bonchev–Trinajstić information content (AvgIpc) is 2.65. The van der Waals surface area contributed by atoms with Crippen molar-refractivity contribution >= 4 is 17.6 Å². The van der Waals surface area contributed by atoms with Crippen LogP contribution in [0.5, 0.6) is 5.75 Å². The second-order valence-electron chi connectivity index (χ2n) is 6.72. The van der Waals surface area contributed by atoms with Crippen LogP contribution in [0, 0.1) is 11.7 Å². The minimum Gasteiger partial charge on any atom is -0.495 e. The van der Waals surface area contributed by atoms with Crippen molar-refractivity contribution in [2.45, 2.75) is 32.4 Å². The molecule has 0 aliphatic heterocycles. The van der Waals surface area contributed by atoms with Crippen molar-refractivity contribution in [3.8, 4) is 5.75 Å². The van der Waals surface area contributed by atoms with Crippen LogP contribution in [-0.4, -0.2) is 24.1 Å². The summed E-state index contributed by atoms with van der Waals surface area (Å²) >= 11 is 0. The lowest BCUT2D eigenvalue weighted by molar-refractivity contribution is -0.142. The molecule has 0 fully saturated rings. The average molecular weight is 427 g/mol.